The molecule has 1 fully saturated rings. The minimum Gasteiger partial charge on any atom is -0.484 e. The van der Waals surface area contributed by atoms with Gasteiger partial charge in [0.2, 0.25) is 0 Å². The van der Waals surface area contributed by atoms with Crippen LogP contribution in [0.4, 0.5) is 5.69 Å². The fourth-order valence-corrected chi connectivity index (χ4v) is 4.83. The Morgan fingerprint density at radius 3 is 2.38 bits per heavy atom. The summed E-state index contributed by atoms with van der Waals surface area (Å²) in [6.07, 6.45) is 2.05. The van der Waals surface area contributed by atoms with Crippen LogP contribution in [0, 0.1) is 11.8 Å². The molecule has 178 valence electrons. The highest BCUT2D eigenvalue weighted by Gasteiger charge is 2.34. The zero-order valence-electron chi connectivity index (χ0n) is 20.4. The van der Waals surface area contributed by atoms with Crippen molar-refractivity contribution in [2.45, 2.75) is 45.6 Å². The summed E-state index contributed by atoms with van der Waals surface area (Å²) in [6, 6.07) is 26.5. The van der Waals surface area contributed by atoms with E-state index < -0.39 is 0 Å². The molecule has 1 saturated heterocycles. The van der Waals surface area contributed by atoms with Crippen molar-refractivity contribution < 1.29 is 14.3 Å². The molecule has 0 spiro atoms. The average Bonchev–Trinajstić information content (AvgIpc) is 2.88. The van der Waals surface area contributed by atoms with E-state index in [1.165, 1.54) is 11.1 Å². The van der Waals surface area contributed by atoms with Crippen LogP contribution in [0.3, 0.4) is 0 Å². The number of nitrogens with one attached hydrogen (secondary N) is 1. The second kappa shape index (κ2) is 11.3. The van der Waals surface area contributed by atoms with Crippen LogP contribution in [-0.2, 0) is 16.0 Å². The number of rotatable bonds is 8. The first kappa shape index (κ1) is 24.0. The van der Waals surface area contributed by atoms with Gasteiger partial charge >= 0.3 is 0 Å². The Hall–Kier alpha value is -3.11. The van der Waals surface area contributed by atoms with Crippen LogP contribution in [0.15, 0.2) is 78.9 Å². The first-order valence-corrected chi connectivity index (χ1v) is 12.3. The van der Waals surface area contributed by atoms with Crippen molar-refractivity contribution in [1.29, 1.82) is 0 Å². The highest BCUT2D eigenvalue weighted by Crippen LogP contribution is 2.43. The standard InChI is InChI=1S/C30H35NO3/c1-4-22-10-8-9-13-28(22)31-29(32)20-33-26-16-14-24(15-17-26)30-27(21(2)3)18-25(19-34-30)23-11-6-5-7-12-23/h5-17,21,25,27,30H,4,18-20H2,1-3H3,(H,31,32)/t25-,27-,30-/m0/s1. The molecule has 1 aliphatic rings. The van der Waals surface area contributed by atoms with Crippen molar-refractivity contribution in [2.75, 3.05) is 18.5 Å². The summed E-state index contributed by atoms with van der Waals surface area (Å²) in [5, 5.41) is 2.95. The van der Waals surface area contributed by atoms with E-state index >= 15 is 0 Å². The number of para-hydroxylation sites is 1. The van der Waals surface area contributed by atoms with E-state index in [0.717, 1.165) is 30.7 Å². The number of hydrogen-bond acceptors (Lipinski definition) is 3. The molecule has 1 N–H and O–H groups in total. The molecule has 3 aromatic rings. The molecule has 34 heavy (non-hydrogen) atoms. The Balaban J connectivity index is 1.35. The number of carbonyl (C=O) groups excluding carboxylic acids is 1. The van der Waals surface area contributed by atoms with Crippen molar-refractivity contribution in [3.05, 3.63) is 95.6 Å². The summed E-state index contributed by atoms with van der Waals surface area (Å²) in [5.41, 5.74) is 4.48. The van der Waals surface area contributed by atoms with Crippen molar-refractivity contribution in [3.63, 3.8) is 0 Å². The molecule has 1 aliphatic heterocycles. The maximum Gasteiger partial charge on any atom is 0.262 e. The van der Waals surface area contributed by atoms with Gasteiger partial charge in [0, 0.05) is 11.6 Å². The second-order valence-corrected chi connectivity index (χ2v) is 9.42. The smallest absolute Gasteiger partial charge is 0.262 e. The lowest BCUT2D eigenvalue weighted by Gasteiger charge is -2.39. The maximum absolute atomic E-state index is 12.4. The first-order chi connectivity index (χ1) is 16.5. The van der Waals surface area contributed by atoms with Crippen LogP contribution in [0.2, 0.25) is 0 Å². The topological polar surface area (TPSA) is 47.6 Å². The number of aryl methyl sites for hydroxylation is 1. The van der Waals surface area contributed by atoms with E-state index in [1.807, 2.05) is 36.4 Å². The summed E-state index contributed by atoms with van der Waals surface area (Å²) < 4.78 is 12.2. The summed E-state index contributed by atoms with van der Waals surface area (Å²) in [6.45, 7) is 7.34. The quantitative estimate of drug-likeness (QED) is 0.405. The van der Waals surface area contributed by atoms with Gasteiger partial charge in [-0.05, 0) is 59.6 Å². The van der Waals surface area contributed by atoms with Gasteiger partial charge < -0.3 is 14.8 Å². The lowest BCUT2D eigenvalue weighted by molar-refractivity contribution is -0.118. The van der Waals surface area contributed by atoms with Gasteiger partial charge in [-0.2, -0.15) is 0 Å². The Morgan fingerprint density at radius 2 is 1.68 bits per heavy atom. The largest absolute Gasteiger partial charge is 0.484 e. The third-order valence-electron chi connectivity index (χ3n) is 6.80. The van der Waals surface area contributed by atoms with Crippen molar-refractivity contribution >= 4 is 11.6 Å². The number of benzene rings is 3. The van der Waals surface area contributed by atoms with E-state index in [-0.39, 0.29) is 18.6 Å². The third kappa shape index (κ3) is 5.87. The van der Waals surface area contributed by atoms with Crippen LogP contribution in [-0.4, -0.2) is 19.1 Å². The molecule has 4 nitrogen and oxygen atoms in total. The Labute approximate surface area is 203 Å². The molecule has 0 saturated carbocycles. The predicted molar refractivity (Wildman–Crippen MR) is 137 cm³/mol. The molecule has 1 amide bonds. The summed E-state index contributed by atoms with van der Waals surface area (Å²) in [5.74, 6) is 1.91. The van der Waals surface area contributed by atoms with Crippen LogP contribution in [0.25, 0.3) is 0 Å². The number of carbonyl (C=O) groups is 1. The van der Waals surface area contributed by atoms with Crippen molar-refractivity contribution in [3.8, 4) is 5.75 Å². The minimum atomic E-state index is -0.160. The number of anilines is 1. The number of ether oxygens (including phenoxy) is 2. The molecule has 0 aromatic heterocycles. The molecule has 3 atom stereocenters. The van der Waals surface area contributed by atoms with Gasteiger partial charge in [0.05, 0.1) is 12.7 Å². The zero-order valence-corrected chi connectivity index (χ0v) is 20.4. The summed E-state index contributed by atoms with van der Waals surface area (Å²) in [7, 11) is 0. The van der Waals surface area contributed by atoms with Crippen LogP contribution in [0.1, 0.15) is 55.9 Å². The molecule has 4 rings (SSSR count). The van der Waals surface area contributed by atoms with Crippen LogP contribution in [0.5, 0.6) is 5.75 Å². The van der Waals surface area contributed by atoms with Crippen molar-refractivity contribution in [1.82, 2.24) is 0 Å². The zero-order chi connectivity index (χ0) is 23.9. The monoisotopic (exact) mass is 457 g/mol. The van der Waals surface area contributed by atoms with Gasteiger partial charge in [0.1, 0.15) is 5.75 Å². The van der Waals surface area contributed by atoms with Crippen LogP contribution >= 0.6 is 0 Å². The lowest BCUT2D eigenvalue weighted by Crippen LogP contribution is -2.31. The molecule has 4 heteroatoms. The molecule has 0 radical (unpaired) electrons. The molecule has 0 bridgehead atoms. The van der Waals surface area contributed by atoms with Gasteiger partial charge in [-0.1, -0.05) is 81.4 Å². The van der Waals surface area contributed by atoms with Gasteiger partial charge in [-0.25, -0.2) is 0 Å². The van der Waals surface area contributed by atoms with E-state index in [0.29, 0.717) is 23.5 Å². The number of hydrogen-bond donors (Lipinski definition) is 1. The lowest BCUT2D eigenvalue weighted by atomic mass is 9.76. The summed E-state index contributed by atoms with van der Waals surface area (Å²) >= 11 is 0. The van der Waals surface area contributed by atoms with E-state index in [1.54, 1.807) is 0 Å². The molecular formula is C30H35NO3. The fraction of sp³-hybridized carbons (Fsp3) is 0.367. The second-order valence-electron chi connectivity index (χ2n) is 9.42. The maximum atomic E-state index is 12.4. The summed E-state index contributed by atoms with van der Waals surface area (Å²) in [4.78, 5) is 12.4. The Bertz CT molecular complexity index is 1060. The average molecular weight is 458 g/mol. The molecule has 1 heterocycles. The number of amides is 1. The Morgan fingerprint density at radius 1 is 0.971 bits per heavy atom. The van der Waals surface area contributed by atoms with E-state index in [4.69, 9.17) is 9.47 Å². The molecular weight excluding hydrogens is 422 g/mol. The molecule has 0 aliphatic carbocycles. The van der Waals surface area contributed by atoms with Crippen LogP contribution < -0.4 is 10.1 Å². The van der Waals surface area contributed by atoms with E-state index in [2.05, 4.69) is 68.6 Å². The Kier molecular flexibility index (Phi) is 8.02. The van der Waals surface area contributed by atoms with Gasteiger partial charge in [-0.15, -0.1) is 0 Å². The van der Waals surface area contributed by atoms with Crippen molar-refractivity contribution in [2.24, 2.45) is 11.8 Å². The van der Waals surface area contributed by atoms with E-state index in [9.17, 15) is 4.79 Å². The van der Waals surface area contributed by atoms with Gasteiger partial charge in [0.25, 0.3) is 5.91 Å². The van der Waals surface area contributed by atoms with Gasteiger partial charge in [-0.3, -0.25) is 4.79 Å². The fourth-order valence-electron chi connectivity index (χ4n) is 4.83. The highest BCUT2D eigenvalue weighted by atomic mass is 16.5. The normalized spacial score (nSPS) is 20.2. The SMILES string of the molecule is CCc1ccccc1NC(=O)COc1ccc([C@@H]2OC[C@@H](c3ccccc3)C[C@H]2C(C)C)cc1. The van der Waals surface area contributed by atoms with Gasteiger partial charge in [0.15, 0.2) is 6.61 Å². The predicted octanol–water partition coefficient (Wildman–Crippen LogP) is 6.78. The molecule has 0 unspecified atom stereocenters. The highest BCUT2D eigenvalue weighted by molar-refractivity contribution is 5.92. The first-order valence-electron chi connectivity index (χ1n) is 12.3. The minimum absolute atomic E-state index is 0.0231. The molecule has 3 aromatic carbocycles. The third-order valence-corrected chi connectivity index (χ3v) is 6.80.